The van der Waals surface area contributed by atoms with Gasteiger partial charge in [-0.2, -0.15) is 5.10 Å². The molecule has 1 atom stereocenters. The second-order valence-electron chi connectivity index (χ2n) is 3.41. The van der Waals surface area contributed by atoms with Crippen LogP contribution in [0.5, 0.6) is 0 Å². The van der Waals surface area contributed by atoms with E-state index in [1.165, 1.54) is 6.07 Å². The first-order valence-corrected chi connectivity index (χ1v) is 4.84. The molecule has 0 aliphatic carbocycles. The van der Waals surface area contributed by atoms with Gasteiger partial charge in [0.2, 0.25) is 0 Å². The Kier molecular flexibility index (Phi) is 2.96. The van der Waals surface area contributed by atoms with E-state index in [9.17, 15) is 8.78 Å². The van der Waals surface area contributed by atoms with Crippen LogP contribution in [-0.4, -0.2) is 17.2 Å². The number of hydrogen-bond donors (Lipinski definition) is 2. The molecule has 5 heteroatoms. The van der Waals surface area contributed by atoms with Crippen LogP contribution in [0.1, 0.15) is 17.3 Å². The van der Waals surface area contributed by atoms with Crippen LogP contribution in [0.3, 0.4) is 0 Å². The van der Waals surface area contributed by atoms with Gasteiger partial charge in [-0.05, 0) is 30.8 Å². The molecule has 0 saturated heterocycles. The van der Waals surface area contributed by atoms with Gasteiger partial charge in [-0.3, -0.25) is 5.10 Å². The fourth-order valence-electron chi connectivity index (χ4n) is 1.62. The summed E-state index contributed by atoms with van der Waals surface area (Å²) in [5.74, 6) is -1.69. The van der Waals surface area contributed by atoms with Gasteiger partial charge in [0.05, 0.1) is 11.7 Å². The molecular formula is C11H11F2N3. The highest BCUT2D eigenvalue weighted by Gasteiger charge is 2.14. The summed E-state index contributed by atoms with van der Waals surface area (Å²) >= 11 is 0. The topological polar surface area (TPSA) is 40.7 Å². The van der Waals surface area contributed by atoms with E-state index >= 15 is 0 Å². The largest absolute Gasteiger partial charge is 0.308 e. The average molecular weight is 223 g/mol. The molecule has 0 aliphatic rings. The summed E-state index contributed by atoms with van der Waals surface area (Å²) in [6.45, 7) is 0. The van der Waals surface area contributed by atoms with Gasteiger partial charge < -0.3 is 5.32 Å². The van der Waals surface area contributed by atoms with E-state index in [0.717, 1.165) is 11.8 Å². The van der Waals surface area contributed by atoms with Crippen LogP contribution in [0.25, 0.3) is 0 Å². The number of halogens is 2. The summed E-state index contributed by atoms with van der Waals surface area (Å²) in [6, 6.07) is 5.39. The molecule has 2 rings (SSSR count). The van der Waals surface area contributed by atoms with Crippen molar-refractivity contribution in [1.29, 1.82) is 0 Å². The van der Waals surface area contributed by atoms with E-state index in [2.05, 4.69) is 15.5 Å². The first-order valence-electron chi connectivity index (χ1n) is 4.84. The predicted octanol–water partition coefficient (Wildman–Crippen LogP) is 2.00. The minimum Gasteiger partial charge on any atom is -0.308 e. The van der Waals surface area contributed by atoms with Gasteiger partial charge in [-0.1, -0.05) is 6.07 Å². The third-order valence-electron chi connectivity index (χ3n) is 2.40. The number of benzene rings is 1. The number of hydrogen-bond acceptors (Lipinski definition) is 2. The molecule has 1 unspecified atom stereocenters. The van der Waals surface area contributed by atoms with Crippen molar-refractivity contribution >= 4 is 0 Å². The van der Waals surface area contributed by atoms with Gasteiger partial charge in [-0.15, -0.1) is 0 Å². The van der Waals surface area contributed by atoms with Crippen molar-refractivity contribution in [1.82, 2.24) is 15.5 Å². The molecule has 3 nitrogen and oxygen atoms in total. The van der Waals surface area contributed by atoms with Crippen molar-refractivity contribution in [2.45, 2.75) is 6.04 Å². The van der Waals surface area contributed by atoms with Crippen molar-refractivity contribution < 1.29 is 8.78 Å². The molecular weight excluding hydrogens is 212 g/mol. The van der Waals surface area contributed by atoms with Crippen LogP contribution >= 0.6 is 0 Å². The monoisotopic (exact) mass is 223 g/mol. The van der Waals surface area contributed by atoms with E-state index in [1.807, 2.05) is 0 Å². The molecule has 0 radical (unpaired) electrons. The van der Waals surface area contributed by atoms with Crippen LogP contribution in [-0.2, 0) is 0 Å². The third-order valence-corrected chi connectivity index (χ3v) is 2.40. The molecule has 0 aliphatic heterocycles. The Morgan fingerprint density at radius 3 is 2.62 bits per heavy atom. The summed E-state index contributed by atoms with van der Waals surface area (Å²) in [4.78, 5) is 0. The lowest BCUT2D eigenvalue weighted by molar-refractivity contribution is 0.504. The summed E-state index contributed by atoms with van der Waals surface area (Å²) < 4.78 is 25.9. The number of aromatic amines is 1. The van der Waals surface area contributed by atoms with Crippen LogP contribution in [0.15, 0.2) is 30.5 Å². The quantitative estimate of drug-likeness (QED) is 0.835. The summed E-state index contributed by atoms with van der Waals surface area (Å²) in [5.41, 5.74) is 1.44. The van der Waals surface area contributed by atoms with Crippen LogP contribution < -0.4 is 5.32 Å². The Bertz CT molecular complexity index is 468. The molecule has 1 heterocycles. The molecule has 2 aromatic rings. The second-order valence-corrected chi connectivity index (χ2v) is 3.41. The zero-order chi connectivity index (χ0) is 11.5. The number of aromatic nitrogens is 2. The van der Waals surface area contributed by atoms with Crippen molar-refractivity contribution in [2.24, 2.45) is 0 Å². The highest BCUT2D eigenvalue weighted by molar-refractivity contribution is 5.28. The van der Waals surface area contributed by atoms with Crippen molar-refractivity contribution in [2.75, 3.05) is 7.05 Å². The summed E-state index contributed by atoms with van der Waals surface area (Å²) in [5, 5.41) is 9.62. The lowest BCUT2D eigenvalue weighted by atomic mass is 10.0. The molecule has 2 N–H and O–H groups in total. The van der Waals surface area contributed by atoms with E-state index in [4.69, 9.17) is 0 Å². The van der Waals surface area contributed by atoms with Crippen molar-refractivity contribution in [3.63, 3.8) is 0 Å². The Labute approximate surface area is 91.5 Å². The molecule has 16 heavy (non-hydrogen) atoms. The lowest BCUT2D eigenvalue weighted by Crippen LogP contribution is -2.18. The van der Waals surface area contributed by atoms with Crippen LogP contribution in [0, 0.1) is 11.6 Å². The number of nitrogens with one attached hydrogen (secondary N) is 2. The highest BCUT2D eigenvalue weighted by Crippen LogP contribution is 2.21. The van der Waals surface area contributed by atoms with Gasteiger partial charge in [0.25, 0.3) is 0 Å². The molecule has 0 amide bonds. The third kappa shape index (κ3) is 1.94. The minimum atomic E-state index is -0.850. The second kappa shape index (κ2) is 4.40. The van der Waals surface area contributed by atoms with Gasteiger partial charge in [0.15, 0.2) is 11.6 Å². The minimum absolute atomic E-state index is 0.224. The highest BCUT2D eigenvalue weighted by atomic mass is 19.2. The Balaban J connectivity index is 2.37. The number of rotatable bonds is 3. The number of nitrogens with zero attached hydrogens (tertiary/aromatic N) is 1. The normalized spacial score (nSPS) is 12.7. The van der Waals surface area contributed by atoms with E-state index in [-0.39, 0.29) is 6.04 Å². The van der Waals surface area contributed by atoms with Crippen molar-refractivity contribution in [3.8, 4) is 0 Å². The first kappa shape index (κ1) is 10.8. The van der Waals surface area contributed by atoms with Crippen molar-refractivity contribution in [3.05, 3.63) is 53.4 Å². The van der Waals surface area contributed by atoms with Gasteiger partial charge in [0, 0.05) is 6.20 Å². The lowest BCUT2D eigenvalue weighted by Gasteiger charge is -2.14. The Hall–Kier alpha value is -1.75. The van der Waals surface area contributed by atoms with Gasteiger partial charge in [0.1, 0.15) is 0 Å². The van der Waals surface area contributed by atoms with E-state index < -0.39 is 11.6 Å². The van der Waals surface area contributed by atoms with Crippen LogP contribution in [0.4, 0.5) is 8.78 Å². The smallest absolute Gasteiger partial charge is 0.159 e. The zero-order valence-corrected chi connectivity index (χ0v) is 8.67. The molecule has 0 bridgehead atoms. The maximum Gasteiger partial charge on any atom is 0.159 e. The van der Waals surface area contributed by atoms with E-state index in [0.29, 0.717) is 5.56 Å². The van der Waals surface area contributed by atoms with Gasteiger partial charge >= 0.3 is 0 Å². The average Bonchev–Trinajstić information content (AvgIpc) is 2.78. The fraction of sp³-hybridized carbons (Fsp3) is 0.182. The summed E-state index contributed by atoms with van der Waals surface area (Å²) in [6.07, 6.45) is 1.61. The van der Waals surface area contributed by atoms with Crippen LogP contribution in [0.2, 0.25) is 0 Å². The Morgan fingerprint density at radius 1 is 1.25 bits per heavy atom. The first-order chi connectivity index (χ1) is 7.72. The predicted molar refractivity (Wildman–Crippen MR) is 55.8 cm³/mol. The maximum atomic E-state index is 13.1. The molecule has 0 fully saturated rings. The Morgan fingerprint density at radius 2 is 2.06 bits per heavy atom. The molecule has 84 valence electrons. The molecule has 1 aromatic heterocycles. The standard InChI is InChI=1S/C11H11F2N3/c1-14-11(10-4-5-15-16-10)7-2-3-8(12)9(13)6-7/h2-6,11,14H,1H3,(H,15,16). The van der Waals surface area contributed by atoms with E-state index in [1.54, 1.807) is 25.4 Å². The zero-order valence-electron chi connectivity index (χ0n) is 8.67. The number of H-pyrrole nitrogens is 1. The molecule has 0 spiro atoms. The maximum absolute atomic E-state index is 13.1. The van der Waals surface area contributed by atoms with Gasteiger partial charge in [-0.25, -0.2) is 8.78 Å². The molecule has 0 saturated carbocycles. The molecule has 1 aromatic carbocycles. The SMILES string of the molecule is CNC(c1ccc(F)c(F)c1)c1ccn[nH]1. The summed E-state index contributed by atoms with van der Waals surface area (Å²) in [7, 11) is 1.74. The fourth-order valence-corrected chi connectivity index (χ4v) is 1.62.